The van der Waals surface area contributed by atoms with Crippen molar-refractivity contribution in [3.8, 4) is 0 Å². The third-order valence-corrected chi connectivity index (χ3v) is 4.44. The van der Waals surface area contributed by atoms with Crippen LogP contribution in [0.25, 0.3) is 0 Å². The molecule has 2 aliphatic rings. The molecule has 0 aromatic carbocycles. The maximum Gasteiger partial charge on any atom is -0.0172 e. The first kappa shape index (κ1) is 9.30. The summed E-state index contributed by atoms with van der Waals surface area (Å²) in [5.74, 6) is 4.04. The number of hydrogen-bond acceptors (Lipinski definition) is 0. The van der Waals surface area contributed by atoms with Crippen LogP contribution in [0.3, 0.4) is 0 Å². The van der Waals surface area contributed by atoms with E-state index >= 15 is 0 Å². The minimum atomic E-state index is 0.964. The molecule has 2 saturated carbocycles. The lowest BCUT2D eigenvalue weighted by atomic mass is 9.76. The second kappa shape index (κ2) is 3.48. The highest BCUT2D eigenvalue weighted by Crippen LogP contribution is 2.56. The predicted octanol–water partition coefficient (Wildman–Crippen LogP) is 4.02. The summed E-state index contributed by atoms with van der Waals surface area (Å²) in [6.45, 7) is 7.03. The fourth-order valence-corrected chi connectivity index (χ4v) is 3.79. The summed E-state index contributed by atoms with van der Waals surface area (Å²) in [5, 5.41) is 0. The molecular weight excluding hydrogens is 156 g/mol. The largest absolute Gasteiger partial charge is 0.0882 e. The van der Waals surface area contributed by atoms with Gasteiger partial charge in [0.15, 0.2) is 0 Å². The van der Waals surface area contributed by atoms with Crippen molar-refractivity contribution in [2.24, 2.45) is 23.7 Å². The first-order chi connectivity index (χ1) is 6.27. The van der Waals surface area contributed by atoms with E-state index in [1.807, 2.05) is 0 Å². The van der Waals surface area contributed by atoms with Crippen LogP contribution in [0.15, 0.2) is 11.6 Å². The van der Waals surface area contributed by atoms with Crippen molar-refractivity contribution in [3.05, 3.63) is 11.6 Å². The third-order valence-electron chi connectivity index (χ3n) is 4.44. The second-order valence-electron chi connectivity index (χ2n) is 4.98. The van der Waals surface area contributed by atoms with Gasteiger partial charge >= 0.3 is 0 Å². The zero-order chi connectivity index (χ0) is 9.42. The molecule has 0 spiro atoms. The molecule has 13 heavy (non-hydrogen) atoms. The molecule has 2 rings (SSSR count). The van der Waals surface area contributed by atoms with Crippen LogP contribution in [0.2, 0.25) is 0 Å². The van der Waals surface area contributed by atoms with E-state index in [-0.39, 0.29) is 0 Å². The standard InChI is InChI=1S/C13H22/c1-4-6-12-9(3)13-8-11(12)7-10(13)5-2/h5,9,11-13H,4,6-8H2,1-3H3/b10-5+. The highest BCUT2D eigenvalue weighted by Gasteiger charge is 2.46. The molecule has 0 aromatic rings. The Morgan fingerprint density at radius 3 is 2.77 bits per heavy atom. The Hall–Kier alpha value is -0.260. The Labute approximate surface area is 82.4 Å². The lowest BCUT2D eigenvalue weighted by molar-refractivity contribution is 0.261. The smallest absolute Gasteiger partial charge is 0.0172 e. The van der Waals surface area contributed by atoms with Gasteiger partial charge in [-0.3, -0.25) is 0 Å². The van der Waals surface area contributed by atoms with Crippen molar-refractivity contribution in [1.82, 2.24) is 0 Å². The zero-order valence-electron chi connectivity index (χ0n) is 9.22. The van der Waals surface area contributed by atoms with E-state index < -0.39 is 0 Å². The molecule has 2 fully saturated rings. The molecule has 0 N–H and O–H groups in total. The zero-order valence-corrected chi connectivity index (χ0v) is 9.22. The van der Waals surface area contributed by atoms with E-state index in [4.69, 9.17) is 0 Å². The van der Waals surface area contributed by atoms with Crippen LogP contribution in [0, 0.1) is 23.7 Å². The van der Waals surface area contributed by atoms with Crippen molar-refractivity contribution < 1.29 is 0 Å². The molecule has 0 nitrogen and oxygen atoms in total. The van der Waals surface area contributed by atoms with E-state index in [0.29, 0.717) is 0 Å². The molecule has 0 heteroatoms. The fraction of sp³-hybridized carbons (Fsp3) is 0.846. The summed E-state index contributed by atoms with van der Waals surface area (Å²) in [5.41, 5.74) is 1.77. The number of fused-ring (bicyclic) bond motifs is 2. The Kier molecular flexibility index (Phi) is 2.49. The summed E-state index contributed by atoms with van der Waals surface area (Å²) in [4.78, 5) is 0. The Bertz CT molecular complexity index is 212. The number of hydrogen-bond donors (Lipinski definition) is 0. The average Bonchev–Trinajstić information content (AvgIpc) is 2.66. The Morgan fingerprint density at radius 1 is 1.46 bits per heavy atom. The predicted molar refractivity (Wildman–Crippen MR) is 57.5 cm³/mol. The van der Waals surface area contributed by atoms with Crippen molar-refractivity contribution in [2.45, 2.75) is 46.5 Å². The Morgan fingerprint density at radius 2 is 2.23 bits per heavy atom. The molecule has 0 saturated heterocycles. The van der Waals surface area contributed by atoms with Crippen molar-refractivity contribution in [1.29, 1.82) is 0 Å². The van der Waals surface area contributed by atoms with Gasteiger partial charge in [0.1, 0.15) is 0 Å². The topological polar surface area (TPSA) is 0 Å². The minimum absolute atomic E-state index is 0.964. The van der Waals surface area contributed by atoms with Gasteiger partial charge in [-0.1, -0.05) is 38.3 Å². The molecule has 4 atom stereocenters. The molecule has 0 aromatic heterocycles. The summed E-state index contributed by atoms with van der Waals surface area (Å²) in [6.07, 6.45) is 8.16. The third kappa shape index (κ3) is 1.35. The summed E-state index contributed by atoms with van der Waals surface area (Å²) in [6, 6.07) is 0. The highest BCUT2D eigenvalue weighted by atomic mass is 14.5. The van der Waals surface area contributed by atoms with Crippen molar-refractivity contribution >= 4 is 0 Å². The van der Waals surface area contributed by atoms with Crippen LogP contribution in [0.4, 0.5) is 0 Å². The van der Waals surface area contributed by atoms with Gasteiger partial charge in [0, 0.05) is 0 Å². The van der Waals surface area contributed by atoms with Gasteiger partial charge in [-0.25, -0.2) is 0 Å². The van der Waals surface area contributed by atoms with Gasteiger partial charge < -0.3 is 0 Å². The molecular formula is C13H22. The lowest BCUT2D eigenvalue weighted by Gasteiger charge is -2.29. The molecule has 0 heterocycles. The normalized spacial score (nSPS) is 46.2. The molecule has 0 amide bonds. The first-order valence-corrected chi connectivity index (χ1v) is 5.93. The monoisotopic (exact) mass is 178 g/mol. The van der Waals surface area contributed by atoms with Crippen LogP contribution in [-0.2, 0) is 0 Å². The molecule has 2 aliphatic carbocycles. The number of allylic oxidation sites excluding steroid dienone is 2. The van der Waals surface area contributed by atoms with Crippen LogP contribution in [-0.4, -0.2) is 0 Å². The molecule has 0 aliphatic heterocycles. The molecule has 4 unspecified atom stereocenters. The van der Waals surface area contributed by atoms with Crippen molar-refractivity contribution in [3.63, 3.8) is 0 Å². The van der Waals surface area contributed by atoms with E-state index in [0.717, 1.165) is 23.7 Å². The molecule has 74 valence electrons. The fourth-order valence-electron chi connectivity index (χ4n) is 3.79. The number of rotatable bonds is 2. The first-order valence-electron chi connectivity index (χ1n) is 5.93. The van der Waals surface area contributed by atoms with E-state index in [2.05, 4.69) is 26.8 Å². The van der Waals surface area contributed by atoms with Crippen LogP contribution in [0.5, 0.6) is 0 Å². The maximum absolute atomic E-state index is 2.48. The SMILES string of the molecule is C/C=C1\CC2CC1C(C)C2CCC. The molecule has 0 radical (unpaired) electrons. The maximum atomic E-state index is 2.48. The van der Waals surface area contributed by atoms with Crippen LogP contribution >= 0.6 is 0 Å². The second-order valence-corrected chi connectivity index (χ2v) is 4.98. The van der Waals surface area contributed by atoms with Gasteiger partial charge in [-0.05, 0) is 43.4 Å². The summed E-state index contributed by atoms with van der Waals surface area (Å²) < 4.78 is 0. The lowest BCUT2D eigenvalue weighted by Crippen LogP contribution is -2.21. The van der Waals surface area contributed by atoms with Gasteiger partial charge in [0.05, 0.1) is 0 Å². The summed E-state index contributed by atoms with van der Waals surface area (Å²) in [7, 11) is 0. The van der Waals surface area contributed by atoms with E-state index in [9.17, 15) is 0 Å². The van der Waals surface area contributed by atoms with E-state index in [1.165, 1.54) is 25.7 Å². The van der Waals surface area contributed by atoms with Crippen LogP contribution < -0.4 is 0 Å². The van der Waals surface area contributed by atoms with E-state index in [1.54, 1.807) is 5.57 Å². The Balaban J connectivity index is 2.09. The molecule has 2 bridgehead atoms. The van der Waals surface area contributed by atoms with Gasteiger partial charge in [0.2, 0.25) is 0 Å². The van der Waals surface area contributed by atoms with Gasteiger partial charge in [-0.2, -0.15) is 0 Å². The summed E-state index contributed by atoms with van der Waals surface area (Å²) >= 11 is 0. The van der Waals surface area contributed by atoms with Crippen molar-refractivity contribution in [2.75, 3.05) is 0 Å². The highest BCUT2D eigenvalue weighted by molar-refractivity contribution is 5.19. The van der Waals surface area contributed by atoms with Crippen LogP contribution in [0.1, 0.15) is 46.5 Å². The van der Waals surface area contributed by atoms with Gasteiger partial charge in [0.25, 0.3) is 0 Å². The quantitative estimate of drug-likeness (QED) is 0.560. The minimum Gasteiger partial charge on any atom is -0.0882 e. The van der Waals surface area contributed by atoms with Gasteiger partial charge in [-0.15, -0.1) is 0 Å². The average molecular weight is 178 g/mol.